The second-order valence-corrected chi connectivity index (χ2v) is 5.19. The van der Waals surface area contributed by atoms with E-state index in [1.165, 1.54) is 0 Å². The lowest BCUT2D eigenvalue weighted by Crippen LogP contribution is -2.26. The van der Waals surface area contributed by atoms with Crippen molar-refractivity contribution in [2.75, 3.05) is 20.6 Å². The monoisotopic (exact) mass is 313 g/mol. The summed E-state index contributed by atoms with van der Waals surface area (Å²) < 4.78 is 0. The average molecular weight is 313 g/mol. The summed E-state index contributed by atoms with van der Waals surface area (Å²) >= 11 is 0. The van der Waals surface area contributed by atoms with Crippen LogP contribution in [0.2, 0.25) is 0 Å². The van der Waals surface area contributed by atoms with Gasteiger partial charge in [0, 0.05) is 37.6 Å². The molecular weight excluding hydrogens is 282 g/mol. The van der Waals surface area contributed by atoms with Crippen LogP contribution in [-0.4, -0.2) is 42.5 Å². The third-order valence-corrected chi connectivity index (χ3v) is 3.10. The van der Waals surface area contributed by atoms with E-state index in [4.69, 9.17) is 10.8 Å². The number of carbonyl (C=O) groups is 2. The number of nitrogens with one attached hydrogen (secondary N) is 1. The Morgan fingerprint density at radius 1 is 1.09 bits per heavy atom. The molecule has 0 aliphatic rings. The van der Waals surface area contributed by atoms with E-state index in [0.29, 0.717) is 23.4 Å². The molecule has 0 aromatic rings. The van der Waals surface area contributed by atoms with Crippen LogP contribution in [0.25, 0.3) is 0 Å². The third kappa shape index (κ3) is 9.05. The molecule has 0 aliphatic heterocycles. The van der Waals surface area contributed by atoms with E-state index in [2.05, 4.69) is 5.32 Å². The summed E-state index contributed by atoms with van der Waals surface area (Å²) in [5.41, 5.74) is 7.92. The zero-order valence-corrected chi connectivity index (χ0v) is 14.9. The molecule has 0 heterocycles. The third-order valence-electron chi connectivity index (χ3n) is 3.10. The Morgan fingerprint density at radius 3 is 1.82 bits per heavy atom. The number of hydrogen-bond acceptors (Lipinski definition) is 4. The maximum absolute atomic E-state index is 11.1. The number of rotatable bonds is 6. The van der Waals surface area contributed by atoms with Crippen molar-refractivity contribution in [1.29, 1.82) is 0 Å². The van der Waals surface area contributed by atoms with E-state index in [1.807, 2.05) is 32.8 Å². The Labute approximate surface area is 134 Å². The molecule has 128 valence electrons. The minimum Gasteiger partial charge on any atom is -0.478 e. The summed E-state index contributed by atoms with van der Waals surface area (Å²) in [6, 6.07) is 0. The van der Waals surface area contributed by atoms with Gasteiger partial charge in [0.2, 0.25) is 5.91 Å². The number of carboxylic acids is 1. The number of nitrogens with two attached hydrogens (primary N) is 1. The molecule has 0 rings (SSSR count). The molecule has 0 unspecified atom stereocenters. The van der Waals surface area contributed by atoms with Gasteiger partial charge in [-0.15, -0.1) is 0 Å². The summed E-state index contributed by atoms with van der Waals surface area (Å²) in [6.45, 7) is 9.74. The number of nitrogens with zero attached hydrogens (tertiary/aromatic N) is 1. The van der Waals surface area contributed by atoms with Crippen LogP contribution in [0, 0.1) is 0 Å². The number of hydrogen-bond donors (Lipinski definition) is 3. The van der Waals surface area contributed by atoms with Crippen LogP contribution in [0.15, 0.2) is 22.5 Å². The predicted octanol–water partition coefficient (Wildman–Crippen LogP) is 2.08. The van der Waals surface area contributed by atoms with Gasteiger partial charge in [-0.2, -0.15) is 0 Å². The van der Waals surface area contributed by atoms with Crippen molar-refractivity contribution < 1.29 is 14.7 Å². The molecule has 0 radical (unpaired) electrons. The minimum atomic E-state index is -0.837. The number of aliphatic carboxylic acids is 1. The largest absolute Gasteiger partial charge is 0.478 e. The lowest BCUT2D eigenvalue weighted by atomic mass is 10.2. The first-order chi connectivity index (χ1) is 10.1. The molecule has 0 spiro atoms. The highest BCUT2D eigenvalue weighted by atomic mass is 16.4. The first-order valence-corrected chi connectivity index (χ1v) is 7.41. The summed E-state index contributed by atoms with van der Waals surface area (Å²) in [4.78, 5) is 23.5. The maximum atomic E-state index is 11.1. The molecule has 0 atom stereocenters. The molecule has 1 amide bonds. The van der Waals surface area contributed by atoms with Gasteiger partial charge < -0.3 is 21.1 Å². The molecule has 0 saturated carbocycles. The lowest BCUT2D eigenvalue weighted by Gasteiger charge is -2.17. The Balaban J connectivity index is 0. The molecule has 6 nitrogen and oxygen atoms in total. The fraction of sp³-hybridized carbons (Fsp3) is 0.625. The van der Waals surface area contributed by atoms with Crippen molar-refractivity contribution >= 4 is 11.9 Å². The van der Waals surface area contributed by atoms with Crippen LogP contribution in [0.5, 0.6) is 0 Å². The van der Waals surface area contributed by atoms with Crippen molar-refractivity contribution in [2.45, 2.75) is 47.5 Å². The van der Waals surface area contributed by atoms with E-state index in [0.717, 1.165) is 18.5 Å². The Kier molecular flexibility index (Phi) is 11.8. The van der Waals surface area contributed by atoms with E-state index in [9.17, 15) is 9.59 Å². The van der Waals surface area contributed by atoms with Gasteiger partial charge in [-0.3, -0.25) is 4.79 Å². The van der Waals surface area contributed by atoms with Gasteiger partial charge in [0.1, 0.15) is 0 Å². The number of carbonyl (C=O) groups excluding carboxylic acids is 1. The maximum Gasteiger partial charge on any atom is 0.333 e. The second kappa shape index (κ2) is 11.7. The topological polar surface area (TPSA) is 95.7 Å². The van der Waals surface area contributed by atoms with E-state index < -0.39 is 5.97 Å². The summed E-state index contributed by atoms with van der Waals surface area (Å²) in [6.07, 6.45) is 1.70. The van der Waals surface area contributed by atoms with Gasteiger partial charge in [-0.1, -0.05) is 13.8 Å². The van der Waals surface area contributed by atoms with Gasteiger partial charge in [-0.05, 0) is 33.6 Å². The van der Waals surface area contributed by atoms with Crippen LogP contribution in [0.4, 0.5) is 0 Å². The highest BCUT2D eigenvalue weighted by molar-refractivity contribution is 5.93. The summed E-state index contributed by atoms with van der Waals surface area (Å²) in [5.74, 6) is -0.901. The molecule has 22 heavy (non-hydrogen) atoms. The highest BCUT2D eigenvalue weighted by Crippen LogP contribution is 2.10. The first-order valence-electron chi connectivity index (χ1n) is 7.41. The molecule has 0 bridgehead atoms. The Morgan fingerprint density at radius 2 is 1.59 bits per heavy atom. The highest BCUT2D eigenvalue weighted by Gasteiger charge is 2.08. The van der Waals surface area contributed by atoms with Gasteiger partial charge in [0.15, 0.2) is 0 Å². The molecule has 0 aliphatic carbocycles. The van der Waals surface area contributed by atoms with E-state index in [1.54, 1.807) is 20.8 Å². The van der Waals surface area contributed by atoms with Crippen LogP contribution >= 0.6 is 0 Å². The number of amides is 1. The van der Waals surface area contributed by atoms with E-state index in [-0.39, 0.29) is 5.91 Å². The molecule has 0 fully saturated rings. The van der Waals surface area contributed by atoms with Crippen LogP contribution < -0.4 is 11.1 Å². The summed E-state index contributed by atoms with van der Waals surface area (Å²) in [7, 11) is 3.70. The van der Waals surface area contributed by atoms with Crippen molar-refractivity contribution in [1.82, 2.24) is 10.2 Å². The van der Waals surface area contributed by atoms with Crippen molar-refractivity contribution in [3.63, 3.8) is 0 Å². The summed E-state index contributed by atoms with van der Waals surface area (Å²) in [5, 5.41) is 11.4. The molecular formula is C16H31N3O3. The second-order valence-electron chi connectivity index (χ2n) is 5.19. The Hall–Kier alpha value is -1.98. The molecule has 0 aromatic carbocycles. The SMILES string of the molecule is CC/C(=C(/C)C(=O)O)N(C)C.CCCNC(=O)/C(C)=C(/C)N. The standard InChI is InChI=1S/C8H16N2O.C8H15NO2/c1-4-5-10-8(11)6(2)7(3)9;1-5-7(9(3)4)6(2)8(10)11/h4-5,9H2,1-3H3,(H,10,11);5H2,1-4H3,(H,10,11)/b7-6-;7-6+. The fourth-order valence-corrected chi connectivity index (χ4v) is 1.59. The predicted molar refractivity (Wildman–Crippen MR) is 90.2 cm³/mol. The first kappa shape index (κ1) is 22.3. The molecule has 4 N–H and O–H groups in total. The van der Waals surface area contributed by atoms with Crippen LogP contribution in [-0.2, 0) is 9.59 Å². The smallest absolute Gasteiger partial charge is 0.333 e. The van der Waals surface area contributed by atoms with Gasteiger partial charge in [-0.25, -0.2) is 4.79 Å². The van der Waals surface area contributed by atoms with Gasteiger partial charge in [0.05, 0.1) is 5.57 Å². The van der Waals surface area contributed by atoms with Crippen molar-refractivity contribution in [2.24, 2.45) is 5.73 Å². The van der Waals surface area contributed by atoms with Gasteiger partial charge >= 0.3 is 5.97 Å². The zero-order valence-electron chi connectivity index (χ0n) is 14.9. The quantitative estimate of drug-likeness (QED) is 0.653. The van der Waals surface area contributed by atoms with Crippen LogP contribution in [0.1, 0.15) is 47.5 Å². The molecule has 6 heteroatoms. The van der Waals surface area contributed by atoms with Gasteiger partial charge in [0.25, 0.3) is 0 Å². The average Bonchev–Trinajstić information content (AvgIpc) is 2.44. The zero-order chi connectivity index (χ0) is 17.9. The Bertz CT molecular complexity index is 434. The fourth-order valence-electron chi connectivity index (χ4n) is 1.59. The van der Waals surface area contributed by atoms with Crippen molar-refractivity contribution in [3.05, 3.63) is 22.5 Å². The number of allylic oxidation sites excluding steroid dienone is 2. The number of carboxylic acid groups (broad SMARTS) is 1. The van der Waals surface area contributed by atoms with Crippen LogP contribution in [0.3, 0.4) is 0 Å². The normalized spacial score (nSPS) is 12.3. The van der Waals surface area contributed by atoms with Crippen molar-refractivity contribution in [3.8, 4) is 0 Å². The molecule has 0 aromatic heterocycles. The van der Waals surface area contributed by atoms with E-state index >= 15 is 0 Å². The minimum absolute atomic E-state index is 0.0631. The lowest BCUT2D eigenvalue weighted by molar-refractivity contribution is -0.132. The molecule has 0 saturated heterocycles.